The van der Waals surface area contributed by atoms with Crippen LogP contribution in [0.25, 0.3) is 11.5 Å². The Kier molecular flexibility index (Phi) is 7.52. The molecule has 4 aromatic heterocycles. The zero-order chi connectivity index (χ0) is 24.2. The van der Waals surface area contributed by atoms with E-state index in [0.717, 1.165) is 0 Å². The molecule has 0 bridgehead atoms. The van der Waals surface area contributed by atoms with Crippen molar-refractivity contribution in [1.29, 1.82) is 0 Å². The molecule has 4 heterocycles. The molecule has 0 N–H and O–H groups in total. The molecule has 0 fully saturated rings. The molecule has 0 amide bonds. The Morgan fingerprint density at radius 3 is 2.56 bits per heavy atom. The summed E-state index contributed by atoms with van der Waals surface area (Å²) in [5.41, 5.74) is 2.67. The van der Waals surface area contributed by atoms with E-state index in [0.29, 0.717) is 45.1 Å². The van der Waals surface area contributed by atoms with E-state index in [2.05, 4.69) is 25.3 Å². The second-order valence-electron chi connectivity index (χ2n) is 7.79. The number of aromatic nitrogens is 7. The summed E-state index contributed by atoms with van der Waals surface area (Å²) < 4.78 is 12.9. The van der Waals surface area contributed by atoms with Crippen molar-refractivity contribution in [1.82, 2.24) is 34.6 Å². The van der Waals surface area contributed by atoms with Crippen molar-refractivity contribution in [2.24, 2.45) is 0 Å². The van der Waals surface area contributed by atoms with Gasteiger partial charge >= 0.3 is 0 Å². The van der Waals surface area contributed by atoms with Crippen LogP contribution in [0.2, 0.25) is 10.2 Å². The van der Waals surface area contributed by atoms with Crippen LogP contribution in [-0.2, 0) is 27.1 Å². The summed E-state index contributed by atoms with van der Waals surface area (Å²) in [6.45, 7) is 4.19. The topological polar surface area (TPSA) is 109 Å². The lowest BCUT2D eigenvalue weighted by atomic mass is 10.0. The van der Waals surface area contributed by atoms with Crippen LogP contribution in [-0.4, -0.2) is 60.2 Å². The second-order valence-corrected chi connectivity index (χ2v) is 8.58. The Balaban J connectivity index is 1.55. The minimum atomic E-state index is -0.376. The van der Waals surface area contributed by atoms with Gasteiger partial charge in [-0.3, -0.25) is 4.79 Å². The molecule has 0 saturated carbocycles. The first-order chi connectivity index (χ1) is 16.4. The molecule has 10 nitrogen and oxygen atoms in total. The van der Waals surface area contributed by atoms with Gasteiger partial charge in [0, 0.05) is 44.0 Å². The molecule has 0 aliphatic heterocycles. The Labute approximate surface area is 205 Å². The summed E-state index contributed by atoms with van der Waals surface area (Å²) in [5.74, 6) is 0.354. The highest BCUT2D eigenvalue weighted by atomic mass is 35.5. The van der Waals surface area contributed by atoms with Gasteiger partial charge in [0.05, 0.1) is 41.9 Å². The highest BCUT2D eigenvalue weighted by molar-refractivity contribution is 6.32. The minimum Gasteiger partial charge on any atom is -0.379 e. The van der Waals surface area contributed by atoms with Crippen LogP contribution >= 0.6 is 23.2 Å². The monoisotopic (exact) mass is 503 g/mol. The van der Waals surface area contributed by atoms with Gasteiger partial charge in [-0.2, -0.15) is 15.3 Å². The summed E-state index contributed by atoms with van der Waals surface area (Å²) in [4.78, 5) is 23.0. The van der Waals surface area contributed by atoms with Gasteiger partial charge in [0.2, 0.25) is 0 Å². The highest BCUT2D eigenvalue weighted by Crippen LogP contribution is 2.25. The molecule has 178 valence electrons. The van der Waals surface area contributed by atoms with Crippen molar-refractivity contribution in [2.45, 2.75) is 38.9 Å². The van der Waals surface area contributed by atoms with E-state index >= 15 is 0 Å². The number of halogens is 2. The van der Waals surface area contributed by atoms with E-state index in [1.807, 2.05) is 13.8 Å². The van der Waals surface area contributed by atoms with E-state index in [1.54, 1.807) is 36.2 Å². The molecular formula is C22H23Cl2N7O3. The van der Waals surface area contributed by atoms with E-state index in [1.165, 1.54) is 17.2 Å². The predicted octanol–water partition coefficient (Wildman–Crippen LogP) is 3.48. The van der Waals surface area contributed by atoms with Gasteiger partial charge in [0.25, 0.3) is 0 Å². The number of fused-ring (bicyclic) bond motifs is 1. The zero-order valence-corrected chi connectivity index (χ0v) is 20.4. The fraction of sp³-hybridized carbons (Fsp3) is 0.364. The lowest BCUT2D eigenvalue weighted by molar-refractivity contribution is -0.117. The molecule has 2 atom stereocenters. The number of hydrogen-bond donors (Lipinski definition) is 0. The number of ether oxygens (including phenoxy) is 2. The third kappa shape index (κ3) is 5.41. The molecule has 0 saturated heterocycles. The summed E-state index contributed by atoms with van der Waals surface area (Å²) in [6.07, 6.45) is 6.14. The van der Waals surface area contributed by atoms with Gasteiger partial charge in [0.15, 0.2) is 16.6 Å². The van der Waals surface area contributed by atoms with Crippen LogP contribution < -0.4 is 0 Å². The second kappa shape index (κ2) is 10.6. The molecule has 12 heteroatoms. The third-order valence-corrected chi connectivity index (χ3v) is 5.68. The Bertz CT molecular complexity index is 1290. The molecular weight excluding hydrogens is 481 g/mol. The molecule has 0 spiro atoms. The summed E-state index contributed by atoms with van der Waals surface area (Å²) >= 11 is 12.4. The van der Waals surface area contributed by atoms with Gasteiger partial charge in [-0.25, -0.2) is 14.5 Å². The average Bonchev–Trinajstić information content (AvgIpc) is 3.46. The average molecular weight is 504 g/mol. The van der Waals surface area contributed by atoms with Gasteiger partial charge in [-0.15, -0.1) is 4.80 Å². The van der Waals surface area contributed by atoms with Crippen molar-refractivity contribution in [3.05, 3.63) is 63.9 Å². The third-order valence-electron chi connectivity index (χ3n) is 5.21. The summed E-state index contributed by atoms with van der Waals surface area (Å²) in [7, 11) is 1.62. The Morgan fingerprint density at radius 2 is 1.85 bits per heavy atom. The van der Waals surface area contributed by atoms with Crippen LogP contribution in [0, 0.1) is 0 Å². The number of carbonyl (C=O) groups excluding carboxylic acids is 1. The molecule has 0 unspecified atom stereocenters. The number of rotatable bonds is 10. The minimum absolute atomic E-state index is 0.0408. The number of methoxy groups -OCH3 is 1. The van der Waals surface area contributed by atoms with Gasteiger partial charge < -0.3 is 9.47 Å². The predicted molar refractivity (Wildman–Crippen MR) is 125 cm³/mol. The number of pyridine rings is 1. The van der Waals surface area contributed by atoms with Crippen molar-refractivity contribution in [3.8, 4) is 5.82 Å². The van der Waals surface area contributed by atoms with Gasteiger partial charge in [-0.1, -0.05) is 23.2 Å². The smallest absolute Gasteiger partial charge is 0.193 e. The quantitative estimate of drug-likeness (QED) is 0.323. The van der Waals surface area contributed by atoms with Crippen LogP contribution in [0.15, 0.2) is 36.9 Å². The molecule has 4 aromatic rings. The first-order valence-electron chi connectivity index (χ1n) is 10.6. The lowest BCUT2D eigenvalue weighted by Gasteiger charge is -2.20. The number of ketones is 1. The number of nitrogens with zero attached hydrogens (tertiary/aromatic N) is 7. The van der Waals surface area contributed by atoms with Crippen LogP contribution in [0.3, 0.4) is 0 Å². The van der Waals surface area contributed by atoms with Gasteiger partial charge in [0.1, 0.15) is 5.78 Å². The van der Waals surface area contributed by atoms with E-state index < -0.39 is 0 Å². The number of Topliss-reactive ketones (excluding diaryl/α,β-unsaturated/α-hetero) is 1. The van der Waals surface area contributed by atoms with Crippen molar-refractivity contribution >= 4 is 34.6 Å². The van der Waals surface area contributed by atoms with Crippen LogP contribution in [0.1, 0.15) is 36.8 Å². The molecule has 0 radical (unpaired) electrons. The lowest BCUT2D eigenvalue weighted by Crippen LogP contribution is -2.19. The van der Waals surface area contributed by atoms with E-state index in [9.17, 15) is 4.79 Å². The molecule has 4 rings (SSSR count). The summed E-state index contributed by atoms with van der Waals surface area (Å²) in [5, 5.41) is 13.0. The maximum absolute atomic E-state index is 13.0. The molecule has 0 aromatic carbocycles. The molecule has 0 aliphatic rings. The standard InChI is InChI=1S/C22H23Cl2N7O3/c1-13(33-3)12-34-14(2)21-16(11-25-20-9-19(24)29-30(20)21)8-17(32)6-15-7-18(23)22(26-10-15)31-27-4-5-28-31/h4-5,7,9-11,13-14H,6,8,12H2,1-3H3/t13-,14+/m1/s1. The van der Waals surface area contributed by atoms with Crippen LogP contribution in [0.5, 0.6) is 0 Å². The SMILES string of the molecule is CO[C@H](C)CO[C@@H](C)c1c(CC(=O)Cc2cnc(-n3nccn3)c(Cl)c2)cnc2cc(Cl)nn12. The first kappa shape index (κ1) is 24.2. The van der Waals surface area contributed by atoms with Gasteiger partial charge in [-0.05, 0) is 25.5 Å². The first-order valence-corrected chi connectivity index (χ1v) is 11.3. The Morgan fingerprint density at radius 1 is 1.09 bits per heavy atom. The maximum Gasteiger partial charge on any atom is 0.193 e. The zero-order valence-electron chi connectivity index (χ0n) is 18.9. The molecule has 34 heavy (non-hydrogen) atoms. The molecule has 0 aliphatic carbocycles. The van der Waals surface area contributed by atoms with Crippen molar-refractivity contribution in [2.75, 3.05) is 13.7 Å². The highest BCUT2D eigenvalue weighted by Gasteiger charge is 2.21. The van der Waals surface area contributed by atoms with Crippen molar-refractivity contribution < 1.29 is 14.3 Å². The Hall–Kier alpha value is -2.92. The van der Waals surface area contributed by atoms with Crippen LogP contribution in [0.4, 0.5) is 0 Å². The number of hydrogen-bond acceptors (Lipinski definition) is 8. The maximum atomic E-state index is 13.0. The normalized spacial score (nSPS) is 13.3. The number of carbonyl (C=O) groups is 1. The van der Waals surface area contributed by atoms with E-state index in [4.69, 9.17) is 32.7 Å². The summed E-state index contributed by atoms with van der Waals surface area (Å²) in [6, 6.07) is 3.35. The van der Waals surface area contributed by atoms with E-state index in [-0.39, 0.29) is 30.8 Å². The largest absolute Gasteiger partial charge is 0.379 e. The fourth-order valence-corrected chi connectivity index (χ4v) is 3.93. The van der Waals surface area contributed by atoms with Crippen molar-refractivity contribution in [3.63, 3.8) is 0 Å². The fourth-order valence-electron chi connectivity index (χ4n) is 3.50.